The van der Waals surface area contributed by atoms with E-state index in [-0.39, 0.29) is 32.5 Å². The van der Waals surface area contributed by atoms with E-state index in [9.17, 15) is 26.4 Å². The quantitative estimate of drug-likeness (QED) is 0.485. The van der Waals surface area contributed by atoms with E-state index in [4.69, 9.17) is 4.74 Å². The molecule has 0 unspecified atom stereocenters. The molecule has 180 valence electrons. The number of benzene rings is 2. The highest BCUT2D eigenvalue weighted by Gasteiger charge is 2.40. The number of halogens is 3. The molecule has 11 heteroatoms. The van der Waals surface area contributed by atoms with Gasteiger partial charge in [0.2, 0.25) is 10.0 Å². The van der Waals surface area contributed by atoms with Crippen molar-refractivity contribution in [2.24, 2.45) is 5.92 Å². The van der Waals surface area contributed by atoms with E-state index < -0.39 is 38.5 Å². The fraction of sp³-hybridized carbons (Fsp3) is 0.304. The third-order valence-electron chi connectivity index (χ3n) is 5.62. The molecular weight excluding hydrogens is 471 g/mol. The first-order chi connectivity index (χ1) is 16.2. The Kier molecular flexibility index (Phi) is 6.76. The van der Waals surface area contributed by atoms with Gasteiger partial charge in [-0.1, -0.05) is 30.3 Å². The van der Waals surface area contributed by atoms with Gasteiger partial charge >= 0.3 is 12.1 Å². The van der Waals surface area contributed by atoms with E-state index in [0.717, 1.165) is 28.2 Å². The molecule has 1 saturated heterocycles. The lowest BCUT2D eigenvalue weighted by atomic mass is 9.98. The van der Waals surface area contributed by atoms with Crippen molar-refractivity contribution in [2.45, 2.75) is 30.5 Å². The molecular formula is C23H22F3N3O4S. The Morgan fingerprint density at radius 3 is 2.32 bits per heavy atom. The summed E-state index contributed by atoms with van der Waals surface area (Å²) in [5.74, 6) is -1.03. The first-order valence-electron chi connectivity index (χ1n) is 10.6. The average Bonchev–Trinajstić information content (AvgIpc) is 3.32. The van der Waals surface area contributed by atoms with Crippen LogP contribution in [0.3, 0.4) is 0 Å². The van der Waals surface area contributed by atoms with Gasteiger partial charge in [-0.25, -0.2) is 13.1 Å². The van der Waals surface area contributed by atoms with Gasteiger partial charge in [0.05, 0.1) is 22.1 Å². The molecule has 1 aliphatic rings. The third kappa shape index (κ3) is 5.15. The smallest absolute Gasteiger partial charge is 0.417 e. The lowest BCUT2D eigenvalue weighted by Gasteiger charge is -2.30. The van der Waals surface area contributed by atoms with E-state index in [1.54, 1.807) is 16.9 Å². The second-order valence-electron chi connectivity index (χ2n) is 7.87. The van der Waals surface area contributed by atoms with E-state index in [0.29, 0.717) is 5.69 Å². The zero-order valence-electron chi connectivity index (χ0n) is 18.0. The number of para-hydroxylation sites is 1. The fourth-order valence-electron chi connectivity index (χ4n) is 3.82. The van der Waals surface area contributed by atoms with Gasteiger partial charge in [0.1, 0.15) is 12.3 Å². The number of alkyl halides is 3. The van der Waals surface area contributed by atoms with Crippen molar-refractivity contribution >= 4 is 16.0 Å². The number of rotatable bonds is 6. The van der Waals surface area contributed by atoms with Crippen LogP contribution in [0.2, 0.25) is 0 Å². The van der Waals surface area contributed by atoms with Crippen molar-refractivity contribution in [3.05, 3.63) is 78.1 Å². The Morgan fingerprint density at radius 2 is 1.65 bits per heavy atom. The molecule has 3 aromatic rings. The molecule has 4 rings (SSSR count). The number of nitrogens with zero attached hydrogens (tertiary/aromatic N) is 3. The van der Waals surface area contributed by atoms with Crippen molar-refractivity contribution in [3.8, 4) is 5.69 Å². The molecule has 0 spiro atoms. The molecule has 0 N–H and O–H groups in total. The number of ether oxygens (including phenoxy) is 1. The Morgan fingerprint density at radius 1 is 1.00 bits per heavy atom. The van der Waals surface area contributed by atoms with Crippen LogP contribution in [0.4, 0.5) is 13.2 Å². The number of carbonyl (C=O) groups excluding carboxylic acids is 1. The SMILES string of the molecule is O=C(OCc1ccn(-c2ccccc2)n1)C1CCN(S(=O)(=O)c2ccccc2C(F)(F)F)CC1. The first kappa shape index (κ1) is 24.0. The van der Waals surface area contributed by atoms with E-state index in [1.165, 1.54) is 6.07 Å². The van der Waals surface area contributed by atoms with Gasteiger partial charge < -0.3 is 4.74 Å². The molecule has 0 radical (unpaired) electrons. The van der Waals surface area contributed by atoms with Crippen LogP contribution in [0.25, 0.3) is 5.69 Å². The Hall–Kier alpha value is -3.18. The number of hydrogen-bond donors (Lipinski definition) is 0. The van der Waals surface area contributed by atoms with Crippen molar-refractivity contribution < 1.29 is 31.1 Å². The highest BCUT2D eigenvalue weighted by molar-refractivity contribution is 7.89. The average molecular weight is 494 g/mol. The largest absolute Gasteiger partial charge is 0.459 e. The molecule has 2 aromatic carbocycles. The number of sulfonamides is 1. The molecule has 2 heterocycles. The molecule has 1 aliphatic heterocycles. The summed E-state index contributed by atoms with van der Waals surface area (Å²) in [6.45, 7) is -0.177. The maximum absolute atomic E-state index is 13.3. The predicted octanol–water partition coefficient (Wildman–Crippen LogP) is 4.04. The Labute approximate surface area is 194 Å². The molecule has 1 fully saturated rings. The Bertz CT molecular complexity index is 1250. The summed E-state index contributed by atoms with van der Waals surface area (Å²) in [5.41, 5.74) is 0.216. The van der Waals surface area contributed by atoms with Gasteiger partial charge in [-0.3, -0.25) is 4.79 Å². The number of carbonyl (C=O) groups is 1. The molecule has 1 aromatic heterocycles. The summed E-state index contributed by atoms with van der Waals surface area (Å²) in [5, 5.41) is 4.36. The molecule has 0 aliphatic carbocycles. The van der Waals surface area contributed by atoms with Crippen molar-refractivity contribution in [3.63, 3.8) is 0 Å². The topological polar surface area (TPSA) is 81.5 Å². The highest BCUT2D eigenvalue weighted by atomic mass is 32.2. The summed E-state index contributed by atoms with van der Waals surface area (Å²) in [6.07, 6.45) is -2.73. The number of aromatic nitrogens is 2. The first-order valence-corrected chi connectivity index (χ1v) is 12.0. The second kappa shape index (κ2) is 9.59. The summed E-state index contributed by atoms with van der Waals surface area (Å²) >= 11 is 0. The third-order valence-corrected chi connectivity index (χ3v) is 7.58. The van der Waals surface area contributed by atoms with E-state index >= 15 is 0 Å². The molecule has 0 bridgehead atoms. The summed E-state index contributed by atoms with van der Waals surface area (Å²) in [6, 6.07) is 15.3. The summed E-state index contributed by atoms with van der Waals surface area (Å²) in [7, 11) is -4.36. The maximum Gasteiger partial charge on any atom is 0.417 e. The molecule has 0 amide bonds. The number of hydrogen-bond acceptors (Lipinski definition) is 5. The minimum Gasteiger partial charge on any atom is -0.459 e. The van der Waals surface area contributed by atoms with Crippen LogP contribution in [0, 0.1) is 5.92 Å². The van der Waals surface area contributed by atoms with Crippen LogP contribution in [0.1, 0.15) is 24.1 Å². The molecule has 0 atom stereocenters. The lowest BCUT2D eigenvalue weighted by molar-refractivity contribution is -0.151. The highest BCUT2D eigenvalue weighted by Crippen LogP contribution is 2.36. The normalized spacial score (nSPS) is 15.9. The van der Waals surface area contributed by atoms with Gasteiger partial charge in [0.25, 0.3) is 0 Å². The van der Waals surface area contributed by atoms with E-state index in [2.05, 4.69) is 5.10 Å². The minimum absolute atomic E-state index is 0.0316. The second-order valence-corrected chi connectivity index (χ2v) is 9.77. The predicted molar refractivity (Wildman–Crippen MR) is 116 cm³/mol. The van der Waals surface area contributed by atoms with Crippen LogP contribution >= 0.6 is 0 Å². The fourth-order valence-corrected chi connectivity index (χ4v) is 5.50. The van der Waals surface area contributed by atoms with E-state index in [1.807, 2.05) is 30.3 Å². The lowest BCUT2D eigenvalue weighted by Crippen LogP contribution is -2.41. The van der Waals surface area contributed by atoms with Crippen molar-refractivity contribution in [2.75, 3.05) is 13.1 Å². The molecule has 34 heavy (non-hydrogen) atoms. The minimum atomic E-state index is -4.79. The zero-order chi connectivity index (χ0) is 24.3. The van der Waals surface area contributed by atoms with Crippen LogP contribution in [0.15, 0.2) is 71.8 Å². The van der Waals surface area contributed by atoms with Gasteiger partial charge in [-0.05, 0) is 43.2 Å². The van der Waals surface area contributed by atoms with Crippen LogP contribution in [-0.4, -0.2) is 41.6 Å². The Balaban J connectivity index is 1.34. The van der Waals surface area contributed by atoms with Crippen LogP contribution in [-0.2, 0) is 32.3 Å². The van der Waals surface area contributed by atoms with Crippen LogP contribution in [0.5, 0.6) is 0 Å². The monoisotopic (exact) mass is 493 g/mol. The molecule has 0 saturated carbocycles. The van der Waals surface area contributed by atoms with Crippen LogP contribution < -0.4 is 0 Å². The van der Waals surface area contributed by atoms with Gasteiger partial charge in [-0.15, -0.1) is 0 Å². The summed E-state index contributed by atoms with van der Waals surface area (Å²) in [4.78, 5) is 11.7. The van der Waals surface area contributed by atoms with Gasteiger partial charge in [0, 0.05) is 19.3 Å². The molecule has 7 nitrogen and oxygen atoms in total. The van der Waals surface area contributed by atoms with Gasteiger partial charge in [-0.2, -0.15) is 22.6 Å². The number of piperidine rings is 1. The van der Waals surface area contributed by atoms with Crippen molar-refractivity contribution in [1.29, 1.82) is 0 Å². The summed E-state index contributed by atoms with van der Waals surface area (Å²) < 4.78 is 73.6. The van der Waals surface area contributed by atoms with Gasteiger partial charge in [0.15, 0.2) is 0 Å². The van der Waals surface area contributed by atoms with Crippen molar-refractivity contribution in [1.82, 2.24) is 14.1 Å². The number of esters is 1. The zero-order valence-corrected chi connectivity index (χ0v) is 18.8. The maximum atomic E-state index is 13.3. The standard InChI is InChI=1S/C23H22F3N3O4S/c24-23(25,26)20-8-4-5-9-21(20)34(31,32)28-13-10-17(11-14-28)22(30)33-16-18-12-15-29(27-18)19-6-2-1-3-7-19/h1-9,12,15,17H,10-11,13-14,16H2.